The smallest absolute Gasteiger partial charge is 0.407 e. The Balaban J connectivity index is 1.25. The predicted molar refractivity (Wildman–Crippen MR) is 136 cm³/mol. The van der Waals surface area contributed by atoms with Crippen LogP contribution in [0.25, 0.3) is 0 Å². The molecule has 4 rings (SSSR count). The number of carbonyl (C=O) groups is 5. The SMILES string of the molecule is CC(C)(C)OC(=O)NCCCCn1cnc(CNc2ccc3c(c2)C(=O)N(C2CCC(=O)NC2=O)C3=O)c1. The van der Waals surface area contributed by atoms with E-state index in [9.17, 15) is 24.0 Å². The molecule has 1 saturated heterocycles. The highest BCUT2D eigenvalue weighted by molar-refractivity contribution is 6.23. The van der Waals surface area contributed by atoms with Gasteiger partial charge in [0.1, 0.15) is 11.6 Å². The molecule has 0 spiro atoms. The van der Waals surface area contributed by atoms with Crippen molar-refractivity contribution in [2.24, 2.45) is 0 Å². The molecule has 202 valence electrons. The maximum Gasteiger partial charge on any atom is 0.407 e. The third-order valence-corrected chi connectivity index (χ3v) is 6.11. The van der Waals surface area contributed by atoms with Crippen molar-refractivity contribution in [1.29, 1.82) is 0 Å². The first-order valence-electron chi connectivity index (χ1n) is 12.6. The molecular weight excluding hydrogens is 492 g/mol. The van der Waals surface area contributed by atoms with Crippen LogP contribution < -0.4 is 16.0 Å². The predicted octanol–water partition coefficient (Wildman–Crippen LogP) is 2.20. The molecule has 1 aromatic carbocycles. The average Bonchev–Trinajstić information content (AvgIpc) is 3.39. The number of hydrogen-bond acceptors (Lipinski definition) is 8. The highest BCUT2D eigenvalue weighted by atomic mass is 16.6. The van der Waals surface area contributed by atoms with Gasteiger partial charge in [-0.15, -0.1) is 0 Å². The van der Waals surface area contributed by atoms with E-state index in [4.69, 9.17) is 4.74 Å². The number of imide groups is 2. The van der Waals surface area contributed by atoms with Crippen LogP contribution in [-0.4, -0.2) is 62.4 Å². The van der Waals surface area contributed by atoms with E-state index in [1.54, 1.807) is 24.5 Å². The van der Waals surface area contributed by atoms with Crippen LogP contribution in [0.2, 0.25) is 0 Å². The second kappa shape index (κ2) is 11.0. The lowest BCUT2D eigenvalue weighted by Crippen LogP contribution is -2.54. The Hall–Kier alpha value is -4.22. The van der Waals surface area contributed by atoms with E-state index in [2.05, 4.69) is 20.9 Å². The molecule has 12 nitrogen and oxygen atoms in total. The van der Waals surface area contributed by atoms with E-state index in [0.717, 1.165) is 30.0 Å². The number of nitrogens with one attached hydrogen (secondary N) is 3. The topological polar surface area (TPSA) is 152 Å². The molecule has 38 heavy (non-hydrogen) atoms. The first-order valence-corrected chi connectivity index (χ1v) is 12.6. The van der Waals surface area contributed by atoms with Gasteiger partial charge in [0, 0.05) is 31.4 Å². The van der Waals surface area contributed by atoms with Crippen LogP contribution in [-0.2, 0) is 27.4 Å². The number of amides is 5. The molecule has 1 atom stereocenters. The van der Waals surface area contributed by atoms with E-state index >= 15 is 0 Å². The Kier molecular flexibility index (Phi) is 7.79. The largest absolute Gasteiger partial charge is 0.444 e. The molecule has 12 heteroatoms. The molecule has 2 aromatic rings. The fourth-order valence-electron chi connectivity index (χ4n) is 4.32. The molecule has 0 aliphatic carbocycles. The zero-order chi connectivity index (χ0) is 27.4. The molecule has 1 aromatic heterocycles. The fourth-order valence-corrected chi connectivity index (χ4v) is 4.32. The average molecular weight is 525 g/mol. The number of aryl methyl sites for hydroxylation is 1. The van der Waals surface area contributed by atoms with E-state index in [1.165, 1.54) is 0 Å². The number of unbranched alkanes of at least 4 members (excludes halogenated alkanes) is 1. The minimum atomic E-state index is -0.992. The summed E-state index contributed by atoms with van der Waals surface area (Å²) in [5, 5.41) is 8.14. The van der Waals surface area contributed by atoms with Gasteiger partial charge in [-0.3, -0.25) is 29.4 Å². The summed E-state index contributed by atoms with van der Waals surface area (Å²) in [6.07, 6.45) is 5.07. The second-order valence-corrected chi connectivity index (χ2v) is 10.3. The number of rotatable bonds is 9. The Bertz CT molecular complexity index is 1260. The number of benzene rings is 1. The van der Waals surface area contributed by atoms with Gasteiger partial charge in [-0.25, -0.2) is 9.78 Å². The van der Waals surface area contributed by atoms with Crippen LogP contribution in [0, 0.1) is 0 Å². The van der Waals surface area contributed by atoms with Crippen molar-refractivity contribution >= 4 is 35.4 Å². The number of piperidine rings is 1. The lowest BCUT2D eigenvalue weighted by molar-refractivity contribution is -0.136. The molecular formula is C26H32N6O6. The molecule has 5 amide bonds. The van der Waals surface area contributed by atoms with Crippen LogP contribution in [0.15, 0.2) is 30.7 Å². The second-order valence-electron chi connectivity index (χ2n) is 10.3. The quantitative estimate of drug-likeness (QED) is 0.334. The Morgan fingerprint density at radius 1 is 1.13 bits per heavy atom. The van der Waals surface area contributed by atoms with Crippen molar-refractivity contribution in [2.45, 2.75) is 71.2 Å². The van der Waals surface area contributed by atoms with Gasteiger partial charge in [-0.1, -0.05) is 0 Å². The van der Waals surface area contributed by atoms with Crippen molar-refractivity contribution in [2.75, 3.05) is 11.9 Å². The monoisotopic (exact) mass is 524 g/mol. The number of aromatic nitrogens is 2. The van der Waals surface area contributed by atoms with Gasteiger partial charge >= 0.3 is 6.09 Å². The number of fused-ring (bicyclic) bond motifs is 1. The first kappa shape index (κ1) is 26.8. The van der Waals surface area contributed by atoms with Crippen LogP contribution in [0.3, 0.4) is 0 Å². The summed E-state index contributed by atoms with van der Waals surface area (Å²) in [6.45, 7) is 7.14. The summed E-state index contributed by atoms with van der Waals surface area (Å²) in [5.41, 5.74) is 1.36. The fraction of sp³-hybridized carbons (Fsp3) is 0.462. The van der Waals surface area contributed by atoms with E-state index in [0.29, 0.717) is 18.8 Å². The summed E-state index contributed by atoms with van der Waals surface area (Å²) in [4.78, 5) is 66.5. The number of anilines is 1. The number of imidazole rings is 1. The minimum Gasteiger partial charge on any atom is -0.444 e. The number of hydrogen-bond donors (Lipinski definition) is 3. The number of carbonyl (C=O) groups excluding carboxylic acids is 5. The highest BCUT2D eigenvalue weighted by Crippen LogP contribution is 2.29. The number of alkyl carbamates (subject to hydrolysis) is 1. The summed E-state index contributed by atoms with van der Waals surface area (Å²) in [6, 6.07) is 3.87. The lowest BCUT2D eigenvalue weighted by Gasteiger charge is -2.27. The third kappa shape index (κ3) is 6.36. The van der Waals surface area contributed by atoms with Crippen molar-refractivity contribution in [1.82, 2.24) is 25.1 Å². The third-order valence-electron chi connectivity index (χ3n) is 6.11. The normalized spacial score (nSPS) is 17.3. The van der Waals surface area contributed by atoms with Gasteiger partial charge in [0.2, 0.25) is 11.8 Å². The van der Waals surface area contributed by atoms with Crippen molar-refractivity contribution < 1.29 is 28.7 Å². The van der Waals surface area contributed by atoms with Gasteiger partial charge in [0.05, 0.1) is 29.7 Å². The maximum absolute atomic E-state index is 13.0. The Morgan fingerprint density at radius 2 is 1.89 bits per heavy atom. The maximum atomic E-state index is 13.0. The van der Waals surface area contributed by atoms with Gasteiger partial charge in [-0.2, -0.15) is 0 Å². The molecule has 3 heterocycles. The molecule has 0 radical (unpaired) electrons. The van der Waals surface area contributed by atoms with Crippen LogP contribution in [0.1, 0.15) is 72.9 Å². The highest BCUT2D eigenvalue weighted by Gasteiger charge is 2.44. The summed E-state index contributed by atoms with van der Waals surface area (Å²) < 4.78 is 7.17. The molecule has 3 N–H and O–H groups in total. The number of nitrogens with zero attached hydrogens (tertiary/aromatic N) is 3. The minimum absolute atomic E-state index is 0.0756. The van der Waals surface area contributed by atoms with Crippen molar-refractivity contribution in [3.63, 3.8) is 0 Å². The lowest BCUT2D eigenvalue weighted by atomic mass is 10.0. The van der Waals surface area contributed by atoms with Gasteiger partial charge in [-0.05, 0) is 58.2 Å². The molecule has 2 aliphatic rings. The van der Waals surface area contributed by atoms with E-state index in [1.807, 2.05) is 31.5 Å². The summed E-state index contributed by atoms with van der Waals surface area (Å²) in [5.74, 6) is -2.13. The Labute approximate surface area is 220 Å². The summed E-state index contributed by atoms with van der Waals surface area (Å²) >= 11 is 0. The van der Waals surface area contributed by atoms with Crippen molar-refractivity contribution in [3.05, 3.63) is 47.5 Å². The van der Waals surface area contributed by atoms with Gasteiger partial charge < -0.3 is 19.9 Å². The van der Waals surface area contributed by atoms with E-state index < -0.39 is 41.4 Å². The molecule has 0 bridgehead atoms. The van der Waals surface area contributed by atoms with Crippen LogP contribution >= 0.6 is 0 Å². The van der Waals surface area contributed by atoms with Crippen molar-refractivity contribution in [3.8, 4) is 0 Å². The van der Waals surface area contributed by atoms with Gasteiger partial charge in [0.15, 0.2) is 0 Å². The number of ether oxygens (including phenoxy) is 1. The molecule has 1 fully saturated rings. The molecule has 2 aliphatic heterocycles. The zero-order valence-corrected chi connectivity index (χ0v) is 21.7. The van der Waals surface area contributed by atoms with Gasteiger partial charge in [0.25, 0.3) is 11.8 Å². The van der Waals surface area contributed by atoms with Crippen LogP contribution in [0.4, 0.5) is 10.5 Å². The standard InChI is InChI=1S/C26H32N6O6/c1-26(2,3)38-25(37)27-10-4-5-11-31-14-17(29-15-31)13-28-16-6-7-18-19(12-16)24(36)32(23(18)35)20-8-9-21(33)30-22(20)34/h6-7,12,14-15,20,28H,4-5,8-11,13H2,1-3H3,(H,27,37)(H,30,33,34). The Morgan fingerprint density at radius 3 is 2.63 bits per heavy atom. The zero-order valence-electron chi connectivity index (χ0n) is 21.7. The van der Waals surface area contributed by atoms with Crippen LogP contribution in [0.5, 0.6) is 0 Å². The summed E-state index contributed by atoms with van der Waals surface area (Å²) in [7, 11) is 0. The molecule has 1 unspecified atom stereocenters. The van der Waals surface area contributed by atoms with E-state index in [-0.39, 0.29) is 24.0 Å². The molecule has 0 saturated carbocycles. The first-order chi connectivity index (χ1) is 18.0.